The van der Waals surface area contributed by atoms with Gasteiger partial charge in [-0.2, -0.15) is 0 Å². The molecule has 0 rings (SSSR count). The molecule has 0 aromatic rings. The lowest BCUT2D eigenvalue weighted by Crippen LogP contribution is -2.38. The molecule has 5 nitrogen and oxygen atoms in total. The van der Waals surface area contributed by atoms with Crippen LogP contribution in [0, 0.1) is 0 Å². The Morgan fingerprint density at radius 1 is 1.60 bits per heavy atom. The predicted octanol–water partition coefficient (Wildman–Crippen LogP) is -2.49. The van der Waals surface area contributed by atoms with Gasteiger partial charge in [-0.3, -0.25) is 4.79 Å². The number of nitrogens with two attached hydrogens (primary N) is 3. The molecule has 0 saturated heterocycles. The van der Waals surface area contributed by atoms with Crippen molar-refractivity contribution < 1.29 is 9.90 Å². The summed E-state index contributed by atoms with van der Waals surface area (Å²) in [6.07, 6.45) is -1.04. The molecule has 0 radical (unpaired) electrons. The van der Waals surface area contributed by atoms with E-state index >= 15 is 0 Å². The zero-order valence-electron chi connectivity index (χ0n) is 5.66. The fourth-order valence-electron chi connectivity index (χ4n) is 0.499. The minimum Gasteiger partial charge on any atom is -0.383 e. The highest BCUT2D eigenvalue weighted by molar-refractivity contribution is 5.78. The fraction of sp³-hybridized carbons (Fsp3) is 0.800. The quantitative estimate of drug-likeness (QED) is 0.352. The van der Waals surface area contributed by atoms with E-state index in [-0.39, 0.29) is 19.0 Å². The maximum absolute atomic E-state index is 10.2. The van der Waals surface area contributed by atoms with Gasteiger partial charge in [0.15, 0.2) is 0 Å². The van der Waals surface area contributed by atoms with Crippen LogP contribution in [0.15, 0.2) is 0 Å². The van der Waals surface area contributed by atoms with Gasteiger partial charge in [0.25, 0.3) is 0 Å². The molecule has 60 valence electrons. The first-order valence-electron chi connectivity index (χ1n) is 3.01. The lowest BCUT2D eigenvalue weighted by atomic mass is 10.1. The number of carbonyl (C=O) groups excluding carboxylic acids is 1. The van der Waals surface area contributed by atoms with Crippen molar-refractivity contribution >= 4 is 5.91 Å². The molecule has 2 atom stereocenters. The summed E-state index contributed by atoms with van der Waals surface area (Å²) >= 11 is 0. The van der Waals surface area contributed by atoms with E-state index in [1.54, 1.807) is 0 Å². The van der Waals surface area contributed by atoms with E-state index < -0.39 is 12.0 Å². The van der Waals surface area contributed by atoms with Gasteiger partial charge in [-0.15, -0.1) is 0 Å². The number of aliphatic hydroxyl groups is 1. The Hall–Kier alpha value is -0.650. The maximum Gasteiger partial charge on any atom is 0.246 e. The molecule has 10 heavy (non-hydrogen) atoms. The van der Waals surface area contributed by atoms with Crippen LogP contribution < -0.4 is 17.2 Å². The van der Waals surface area contributed by atoms with Crippen LogP contribution >= 0.6 is 0 Å². The number of hydrogen-bond acceptors (Lipinski definition) is 4. The predicted molar refractivity (Wildman–Crippen MR) is 36.8 cm³/mol. The second-order valence-electron chi connectivity index (χ2n) is 2.15. The van der Waals surface area contributed by atoms with E-state index in [0.717, 1.165) is 0 Å². The van der Waals surface area contributed by atoms with Crippen LogP contribution in [0.25, 0.3) is 0 Å². The van der Waals surface area contributed by atoms with Crippen molar-refractivity contribution in [3.8, 4) is 0 Å². The first-order chi connectivity index (χ1) is 4.57. The molecule has 0 spiro atoms. The molecular weight excluding hydrogens is 134 g/mol. The minimum atomic E-state index is -1.17. The molecule has 5 heteroatoms. The van der Waals surface area contributed by atoms with E-state index in [2.05, 4.69) is 0 Å². The second kappa shape index (κ2) is 4.21. The van der Waals surface area contributed by atoms with E-state index in [1.165, 1.54) is 0 Å². The van der Waals surface area contributed by atoms with E-state index in [9.17, 15) is 4.79 Å². The van der Waals surface area contributed by atoms with Crippen LogP contribution in [0.4, 0.5) is 0 Å². The van der Waals surface area contributed by atoms with Crippen molar-refractivity contribution in [2.75, 3.05) is 6.54 Å². The lowest BCUT2D eigenvalue weighted by molar-refractivity contribution is -0.126. The van der Waals surface area contributed by atoms with Crippen molar-refractivity contribution in [1.29, 1.82) is 0 Å². The van der Waals surface area contributed by atoms with Crippen LogP contribution in [0.2, 0.25) is 0 Å². The molecule has 1 amide bonds. The molecule has 0 aromatic carbocycles. The second-order valence-corrected chi connectivity index (χ2v) is 2.15. The Morgan fingerprint density at radius 3 is 2.40 bits per heavy atom. The standard InChI is InChI=1S/C5H13N3O2/c6-2-3(7)1-4(9)5(8)10/h3-4,9H,1-2,6-7H2,(H2,8,10)/t3-,4+/m1/s1. The minimum absolute atomic E-state index is 0.131. The zero-order valence-corrected chi connectivity index (χ0v) is 5.66. The monoisotopic (exact) mass is 147 g/mol. The average molecular weight is 147 g/mol. The Balaban J connectivity index is 3.56. The first kappa shape index (κ1) is 9.35. The summed E-state index contributed by atoms with van der Waals surface area (Å²) in [7, 11) is 0. The van der Waals surface area contributed by atoms with Crippen molar-refractivity contribution in [2.45, 2.75) is 18.6 Å². The summed E-state index contributed by atoms with van der Waals surface area (Å²) in [5.41, 5.74) is 15.2. The normalized spacial score (nSPS) is 16.3. The highest BCUT2D eigenvalue weighted by Gasteiger charge is 2.13. The molecule has 0 heterocycles. The Morgan fingerprint density at radius 2 is 2.10 bits per heavy atom. The van der Waals surface area contributed by atoms with Gasteiger partial charge in [-0.1, -0.05) is 0 Å². The summed E-state index contributed by atoms with van der Waals surface area (Å²) in [6.45, 7) is 0.240. The number of primary amides is 1. The zero-order chi connectivity index (χ0) is 8.15. The summed E-state index contributed by atoms with van der Waals surface area (Å²) < 4.78 is 0. The van der Waals surface area contributed by atoms with Crippen molar-refractivity contribution in [3.63, 3.8) is 0 Å². The highest BCUT2D eigenvalue weighted by atomic mass is 16.3. The third-order valence-electron chi connectivity index (χ3n) is 1.16. The third kappa shape index (κ3) is 3.39. The van der Waals surface area contributed by atoms with Crippen LogP contribution in [0.1, 0.15) is 6.42 Å². The molecule has 0 bridgehead atoms. The van der Waals surface area contributed by atoms with Crippen LogP contribution in [-0.2, 0) is 4.79 Å². The number of aliphatic hydroxyl groups excluding tert-OH is 1. The molecule has 0 aliphatic rings. The number of carbonyl (C=O) groups is 1. The molecule has 7 N–H and O–H groups in total. The van der Waals surface area contributed by atoms with Crippen molar-refractivity contribution in [2.24, 2.45) is 17.2 Å². The largest absolute Gasteiger partial charge is 0.383 e. The number of rotatable bonds is 4. The summed E-state index contributed by atoms with van der Waals surface area (Å²) in [5, 5.41) is 8.82. The number of hydrogen-bond donors (Lipinski definition) is 4. The summed E-state index contributed by atoms with van der Waals surface area (Å²) in [4.78, 5) is 10.2. The summed E-state index contributed by atoms with van der Waals surface area (Å²) in [6, 6.07) is -0.359. The average Bonchev–Trinajstić information content (AvgIpc) is 1.87. The van der Waals surface area contributed by atoms with Gasteiger partial charge in [0, 0.05) is 12.6 Å². The highest BCUT2D eigenvalue weighted by Crippen LogP contribution is 1.92. The van der Waals surface area contributed by atoms with Gasteiger partial charge in [0.05, 0.1) is 0 Å². The molecule has 0 aromatic heterocycles. The maximum atomic E-state index is 10.2. The molecule has 0 saturated carbocycles. The van der Waals surface area contributed by atoms with Gasteiger partial charge in [-0.05, 0) is 6.42 Å². The topological polar surface area (TPSA) is 115 Å². The Labute approximate surface area is 59.2 Å². The molecule has 0 unspecified atom stereocenters. The van der Waals surface area contributed by atoms with Crippen LogP contribution in [-0.4, -0.2) is 29.7 Å². The van der Waals surface area contributed by atoms with Gasteiger partial charge >= 0.3 is 0 Å². The van der Waals surface area contributed by atoms with Crippen LogP contribution in [0.5, 0.6) is 0 Å². The summed E-state index contributed by atoms with van der Waals surface area (Å²) in [5.74, 6) is -0.760. The molecular formula is C5H13N3O2. The SMILES string of the molecule is NC[C@H](N)C[C@H](O)C(N)=O. The Bertz CT molecular complexity index is 117. The van der Waals surface area contributed by atoms with Gasteiger partial charge in [0.2, 0.25) is 5.91 Å². The Kier molecular flexibility index (Phi) is 3.94. The number of amides is 1. The fourth-order valence-corrected chi connectivity index (χ4v) is 0.499. The van der Waals surface area contributed by atoms with Crippen molar-refractivity contribution in [3.05, 3.63) is 0 Å². The van der Waals surface area contributed by atoms with Gasteiger partial charge < -0.3 is 22.3 Å². The van der Waals surface area contributed by atoms with E-state index in [0.29, 0.717) is 0 Å². The van der Waals surface area contributed by atoms with E-state index in [1.807, 2.05) is 0 Å². The van der Waals surface area contributed by atoms with Gasteiger partial charge in [0.1, 0.15) is 6.10 Å². The molecule has 0 aliphatic heterocycles. The first-order valence-corrected chi connectivity index (χ1v) is 3.01. The van der Waals surface area contributed by atoms with E-state index in [4.69, 9.17) is 22.3 Å². The van der Waals surface area contributed by atoms with Crippen molar-refractivity contribution in [1.82, 2.24) is 0 Å². The van der Waals surface area contributed by atoms with Gasteiger partial charge in [-0.25, -0.2) is 0 Å². The lowest BCUT2D eigenvalue weighted by Gasteiger charge is -2.10. The molecule has 0 fully saturated rings. The smallest absolute Gasteiger partial charge is 0.246 e. The third-order valence-corrected chi connectivity index (χ3v) is 1.16. The molecule has 0 aliphatic carbocycles. The van der Waals surface area contributed by atoms with Crippen LogP contribution in [0.3, 0.4) is 0 Å².